The van der Waals surface area contributed by atoms with E-state index >= 15 is 0 Å². The minimum atomic E-state index is -0.0399. The monoisotopic (exact) mass is 310 g/mol. The van der Waals surface area contributed by atoms with Gasteiger partial charge in [0.25, 0.3) is 0 Å². The van der Waals surface area contributed by atoms with Gasteiger partial charge in [0.2, 0.25) is 5.91 Å². The SMILES string of the molecule is C.CC.CC.NCC(=O)N1C[C@@H](CO)[C@H](c2ccccc2)C1. The van der Waals surface area contributed by atoms with Crippen molar-refractivity contribution >= 4 is 5.91 Å². The van der Waals surface area contributed by atoms with Gasteiger partial charge in [-0.2, -0.15) is 0 Å². The highest BCUT2D eigenvalue weighted by molar-refractivity contribution is 5.78. The summed E-state index contributed by atoms with van der Waals surface area (Å²) in [6, 6.07) is 10.0. The molecule has 1 fully saturated rings. The first kappa shape index (κ1) is 22.9. The zero-order valence-corrected chi connectivity index (χ0v) is 13.7. The number of aliphatic hydroxyl groups is 1. The van der Waals surface area contributed by atoms with Gasteiger partial charge in [-0.15, -0.1) is 0 Å². The van der Waals surface area contributed by atoms with Gasteiger partial charge < -0.3 is 15.7 Å². The molecule has 0 radical (unpaired) electrons. The van der Waals surface area contributed by atoms with Gasteiger partial charge in [0, 0.05) is 31.5 Å². The van der Waals surface area contributed by atoms with Crippen LogP contribution in [0.1, 0.15) is 46.6 Å². The van der Waals surface area contributed by atoms with E-state index in [2.05, 4.69) is 0 Å². The van der Waals surface area contributed by atoms with Crippen LogP contribution in [0.3, 0.4) is 0 Å². The smallest absolute Gasteiger partial charge is 0.236 e. The Hall–Kier alpha value is -1.39. The van der Waals surface area contributed by atoms with Crippen LogP contribution in [0.15, 0.2) is 30.3 Å². The number of carbonyl (C=O) groups is 1. The van der Waals surface area contributed by atoms with Gasteiger partial charge in [-0.1, -0.05) is 65.5 Å². The van der Waals surface area contributed by atoms with Crippen LogP contribution in [0, 0.1) is 5.92 Å². The van der Waals surface area contributed by atoms with E-state index in [1.54, 1.807) is 4.90 Å². The van der Waals surface area contributed by atoms with Crippen LogP contribution in [0.2, 0.25) is 0 Å². The third-order valence-corrected chi connectivity index (χ3v) is 3.43. The van der Waals surface area contributed by atoms with Crippen LogP contribution in [-0.2, 0) is 4.79 Å². The summed E-state index contributed by atoms with van der Waals surface area (Å²) in [6.45, 7) is 9.41. The van der Waals surface area contributed by atoms with Crippen LogP contribution in [0.4, 0.5) is 0 Å². The number of hydrogen-bond acceptors (Lipinski definition) is 3. The molecule has 4 nitrogen and oxygen atoms in total. The number of rotatable bonds is 3. The van der Waals surface area contributed by atoms with Crippen molar-refractivity contribution < 1.29 is 9.90 Å². The van der Waals surface area contributed by atoms with E-state index in [4.69, 9.17) is 5.73 Å². The highest BCUT2D eigenvalue weighted by Gasteiger charge is 2.34. The zero-order valence-electron chi connectivity index (χ0n) is 13.7. The minimum absolute atomic E-state index is 0. The first-order valence-corrected chi connectivity index (χ1v) is 7.90. The van der Waals surface area contributed by atoms with Crippen molar-refractivity contribution in [1.29, 1.82) is 0 Å². The number of likely N-dealkylation sites (tertiary alicyclic amines) is 1. The predicted molar refractivity (Wildman–Crippen MR) is 94.8 cm³/mol. The maximum absolute atomic E-state index is 11.6. The second kappa shape index (κ2) is 13.3. The molecule has 1 aromatic carbocycles. The van der Waals surface area contributed by atoms with Gasteiger partial charge >= 0.3 is 0 Å². The van der Waals surface area contributed by atoms with Gasteiger partial charge in [-0.05, 0) is 5.56 Å². The predicted octanol–water partition coefficient (Wildman–Crippen LogP) is 2.87. The molecule has 2 atom stereocenters. The molecule has 22 heavy (non-hydrogen) atoms. The summed E-state index contributed by atoms with van der Waals surface area (Å²) in [6.07, 6.45) is 0. The Morgan fingerprint density at radius 1 is 1.18 bits per heavy atom. The molecule has 0 aliphatic carbocycles. The second-order valence-corrected chi connectivity index (χ2v) is 4.46. The summed E-state index contributed by atoms with van der Waals surface area (Å²) in [4.78, 5) is 13.3. The molecule has 0 bridgehead atoms. The Bertz CT molecular complexity index is 382. The fourth-order valence-corrected chi connectivity index (χ4v) is 2.47. The third-order valence-electron chi connectivity index (χ3n) is 3.43. The van der Waals surface area contributed by atoms with Crippen molar-refractivity contribution in [3.05, 3.63) is 35.9 Å². The molecule has 1 aliphatic heterocycles. The normalized spacial score (nSPS) is 19.1. The third kappa shape index (κ3) is 6.16. The molecule has 3 N–H and O–H groups in total. The number of nitrogens with two attached hydrogens (primary N) is 1. The number of nitrogens with zero attached hydrogens (tertiary/aromatic N) is 1. The molecule has 1 saturated heterocycles. The van der Waals surface area contributed by atoms with Gasteiger partial charge in [0.05, 0.1) is 6.54 Å². The average Bonchev–Trinajstić information content (AvgIpc) is 3.03. The second-order valence-electron chi connectivity index (χ2n) is 4.46. The molecular weight excluding hydrogens is 276 g/mol. The van der Waals surface area contributed by atoms with E-state index in [0.717, 1.165) is 0 Å². The maximum atomic E-state index is 11.6. The number of hydrogen-bond donors (Lipinski definition) is 2. The molecule has 0 unspecified atom stereocenters. The molecule has 128 valence electrons. The van der Waals surface area contributed by atoms with E-state index in [0.29, 0.717) is 13.1 Å². The zero-order chi connectivity index (χ0) is 16.3. The summed E-state index contributed by atoms with van der Waals surface area (Å²) < 4.78 is 0. The Labute approximate surface area is 136 Å². The first-order valence-electron chi connectivity index (χ1n) is 7.90. The van der Waals surface area contributed by atoms with Gasteiger partial charge in [-0.25, -0.2) is 0 Å². The summed E-state index contributed by atoms with van der Waals surface area (Å²) in [5.41, 5.74) is 6.55. The summed E-state index contributed by atoms with van der Waals surface area (Å²) in [5, 5.41) is 9.40. The number of amides is 1. The standard InChI is InChI=1S/C13H18N2O2.2C2H6.CH4/c14-6-13(17)15-7-11(9-16)12(8-15)10-4-2-1-3-5-10;2*1-2;/h1-5,11-12,16H,6-9,14H2;2*1-2H3;1H4/t11-,12-;;;/m0.../s1. The fourth-order valence-electron chi connectivity index (χ4n) is 2.47. The molecule has 0 saturated carbocycles. The minimum Gasteiger partial charge on any atom is -0.396 e. The van der Waals surface area contributed by atoms with Crippen molar-refractivity contribution in [3.63, 3.8) is 0 Å². The summed E-state index contributed by atoms with van der Waals surface area (Å²) in [5.74, 6) is 0.298. The summed E-state index contributed by atoms with van der Waals surface area (Å²) >= 11 is 0. The highest BCUT2D eigenvalue weighted by Crippen LogP contribution is 2.32. The molecule has 1 aromatic rings. The van der Waals surface area contributed by atoms with Crippen LogP contribution in [-0.4, -0.2) is 42.2 Å². The van der Waals surface area contributed by atoms with Crippen molar-refractivity contribution in [2.45, 2.75) is 41.0 Å². The lowest BCUT2D eigenvalue weighted by Crippen LogP contribution is -2.34. The van der Waals surface area contributed by atoms with E-state index in [1.165, 1.54) is 5.56 Å². The van der Waals surface area contributed by atoms with E-state index in [-0.39, 0.29) is 38.3 Å². The van der Waals surface area contributed by atoms with Gasteiger partial charge in [-0.3, -0.25) is 4.79 Å². The molecule has 4 heteroatoms. The Morgan fingerprint density at radius 3 is 2.18 bits per heavy atom. The molecular formula is C18H34N2O2. The Morgan fingerprint density at radius 2 is 1.73 bits per heavy atom. The van der Waals surface area contributed by atoms with E-state index in [1.807, 2.05) is 58.0 Å². The topological polar surface area (TPSA) is 66.6 Å². The molecule has 1 heterocycles. The molecule has 0 aromatic heterocycles. The van der Waals surface area contributed by atoms with Crippen LogP contribution < -0.4 is 5.73 Å². The van der Waals surface area contributed by atoms with Crippen molar-refractivity contribution in [1.82, 2.24) is 4.90 Å². The van der Waals surface area contributed by atoms with Gasteiger partial charge in [0.15, 0.2) is 0 Å². The van der Waals surface area contributed by atoms with Crippen molar-refractivity contribution in [2.24, 2.45) is 11.7 Å². The average molecular weight is 310 g/mol. The Balaban J connectivity index is 0. The lowest BCUT2D eigenvalue weighted by atomic mass is 9.90. The van der Waals surface area contributed by atoms with Crippen LogP contribution >= 0.6 is 0 Å². The van der Waals surface area contributed by atoms with Crippen molar-refractivity contribution in [2.75, 3.05) is 26.2 Å². The molecule has 1 aliphatic rings. The van der Waals surface area contributed by atoms with Crippen LogP contribution in [0.25, 0.3) is 0 Å². The first-order chi connectivity index (χ1) is 10.3. The molecule has 0 spiro atoms. The van der Waals surface area contributed by atoms with Gasteiger partial charge in [0.1, 0.15) is 0 Å². The lowest BCUT2D eigenvalue weighted by molar-refractivity contribution is -0.128. The Kier molecular flexibility index (Phi) is 13.8. The van der Waals surface area contributed by atoms with Crippen LogP contribution in [0.5, 0.6) is 0 Å². The molecule has 1 amide bonds. The number of benzene rings is 1. The highest BCUT2D eigenvalue weighted by atomic mass is 16.3. The van der Waals surface area contributed by atoms with E-state index < -0.39 is 0 Å². The summed E-state index contributed by atoms with van der Waals surface area (Å²) in [7, 11) is 0. The molecule has 2 rings (SSSR count). The number of carbonyl (C=O) groups excluding carboxylic acids is 1. The lowest BCUT2D eigenvalue weighted by Gasteiger charge is -2.16. The fraction of sp³-hybridized carbons (Fsp3) is 0.611. The van der Waals surface area contributed by atoms with Crippen molar-refractivity contribution in [3.8, 4) is 0 Å². The largest absolute Gasteiger partial charge is 0.396 e. The number of aliphatic hydroxyl groups excluding tert-OH is 1. The van der Waals surface area contributed by atoms with E-state index in [9.17, 15) is 9.90 Å². The quantitative estimate of drug-likeness (QED) is 0.902. The maximum Gasteiger partial charge on any atom is 0.236 e.